The van der Waals surface area contributed by atoms with Crippen LogP contribution < -0.4 is 5.32 Å². The van der Waals surface area contributed by atoms with E-state index < -0.39 is 12.3 Å². The van der Waals surface area contributed by atoms with E-state index in [1.807, 2.05) is 27.0 Å². The Bertz CT molecular complexity index is 1590. The number of amides is 1. The second-order valence-corrected chi connectivity index (χ2v) is 9.63. The first kappa shape index (κ1) is 24.2. The van der Waals surface area contributed by atoms with Crippen LogP contribution >= 0.6 is 0 Å². The normalized spacial score (nSPS) is 12.0. The Balaban J connectivity index is 1.45. The largest absolute Gasteiger partial charge is 0.346 e. The lowest BCUT2D eigenvalue weighted by atomic mass is 10.0. The fraction of sp³-hybridized carbons (Fsp3) is 0.280. The van der Waals surface area contributed by atoms with Crippen molar-refractivity contribution in [2.24, 2.45) is 7.05 Å². The molecule has 0 saturated heterocycles. The molecule has 5 aromatic rings. The number of aromatic nitrogens is 8. The number of fused-ring (bicyclic) bond motifs is 1. The van der Waals surface area contributed by atoms with Gasteiger partial charge in [0.05, 0.1) is 47.2 Å². The molecule has 5 rings (SSSR count). The first-order chi connectivity index (χ1) is 17.6. The van der Waals surface area contributed by atoms with Gasteiger partial charge in [0.15, 0.2) is 5.69 Å². The average Bonchev–Trinajstić information content (AvgIpc) is 3.61. The molecule has 37 heavy (non-hydrogen) atoms. The standard InChI is InChI=1S/C25H25F2N9O/c1-25(2,3)36-31-12-19(33-36)24(37)28-10-16-6-5-15(9-18(16)23(26)27)22-21-7-8-29-35(21)14-20(32-22)17-11-30-34(4)13-17/h5-9,11-14,23H,10H2,1-4H3,(H,28,37). The Kier molecular flexibility index (Phi) is 6.02. The van der Waals surface area contributed by atoms with Gasteiger partial charge in [0.1, 0.15) is 0 Å². The van der Waals surface area contributed by atoms with E-state index in [1.54, 1.807) is 53.0 Å². The molecule has 0 fully saturated rings. The third kappa shape index (κ3) is 4.82. The number of hydrogen-bond donors (Lipinski definition) is 1. The molecule has 0 saturated carbocycles. The quantitative estimate of drug-likeness (QED) is 0.374. The molecular formula is C25H25F2N9O. The second kappa shape index (κ2) is 9.19. The zero-order chi connectivity index (χ0) is 26.3. The molecule has 1 aromatic carbocycles. The third-order valence-electron chi connectivity index (χ3n) is 5.81. The van der Waals surface area contributed by atoms with Crippen LogP contribution in [-0.2, 0) is 19.1 Å². The molecule has 190 valence electrons. The van der Waals surface area contributed by atoms with Crippen LogP contribution in [0.1, 0.15) is 48.8 Å². The molecule has 0 aliphatic rings. The van der Waals surface area contributed by atoms with Crippen molar-refractivity contribution in [2.75, 3.05) is 0 Å². The van der Waals surface area contributed by atoms with Crippen LogP contribution in [0.3, 0.4) is 0 Å². The number of carbonyl (C=O) groups is 1. The zero-order valence-corrected chi connectivity index (χ0v) is 20.7. The Hall–Kier alpha value is -4.48. The van der Waals surface area contributed by atoms with Crippen LogP contribution in [-0.4, -0.2) is 45.3 Å². The van der Waals surface area contributed by atoms with Gasteiger partial charge in [0, 0.05) is 36.5 Å². The molecule has 0 spiro atoms. The minimum absolute atomic E-state index is 0.0909. The maximum Gasteiger partial charge on any atom is 0.273 e. The Labute approximate surface area is 210 Å². The van der Waals surface area contributed by atoms with Crippen LogP contribution in [0.25, 0.3) is 28.0 Å². The minimum atomic E-state index is -2.75. The van der Waals surface area contributed by atoms with E-state index in [2.05, 4.69) is 25.7 Å². The summed E-state index contributed by atoms with van der Waals surface area (Å²) in [5, 5.41) is 19.5. The first-order valence-electron chi connectivity index (χ1n) is 11.6. The van der Waals surface area contributed by atoms with E-state index in [9.17, 15) is 13.6 Å². The summed E-state index contributed by atoms with van der Waals surface area (Å²) < 4.78 is 31.6. The summed E-state index contributed by atoms with van der Waals surface area (Å²) in [4.78, 5) is 18.8. The minimum Gasteiger partial charge on any atom is -0.346 e. The summed E-state index contributed by atoms with van der Waals surface area (Å²) in [6.45, 7) is 5.63. The zero-order valence-electron chi connectivity index (χ0n) is 20.7. The molecule has 1 amide bonds. The number of halogens is 2. The van der Waals surface area contributed by atoms with E-state index in [-0.39, 0.29) is 23.3 Å². The van der Waals surface area contributed by atoms with Crippen LogP contribution in [0.4, 0.5) is 8.78 Å². The SMILES string of the molecule is Cn1cc(-c2cn3nccc3c(-c3ccc(CNC(=O)c4cnn(C(C)(C)C)n4)c(C(F)F)c3)n2)cn1. The topological polar surface area (TPSA) is 108 Å². The molecule has 0 atom stereocenters. The average molecular weight is 506 g/mol. The number of nitrogens with one attached hydrogen (secondary N) is 1. The fourth-order valence-corrected chi connectivity index (χ4v) is 3.89. The maximum atomic E-state index is 14.1. The van der Waals surface area contributed by atoms with Crippen LogP contribution in [0.15, 0.2) is 55.2 Å². The number of rotatable bonds is 6. The van der Waals surface area contributed by atoms with Crippen molar-refractivity contribution in [3.8, 4) is 22.5 Å². The number of carbonyl (C=O) groups excluding carboxylic acids is 1. The maximum absolute atomic E-state index is 14.1. The summed E-state index contributed by atoms with van der Waals surface area (Å²) in [5.74, 6) is -0.494. The predicted molar refractivity (Wildman–Crippen MR) is 132 cm³/mol. The molecule has 1 N–H and O–H groups in total. The lowest BCUT2D eigenvalue weighted by molar-refractivity contribution is 0.0942. The third-order valence-corrected chi connectivity index (χ3v) is 5.81. The van der Waals surface area contributed by atoms with Gasteiger partial charge in [-0.25, -0.2) is 18.3 Å². The molecule has 0 bridgehead atoms. The molecule has 12 heteroatoms. The summed E-state index contributed by atoms with van der Waals surface area (Å²) >= 11 is 0. The van der Waals surface area contributed by atoms with E-state index in [1.165, 1.54) is 17.1 Å². The molecule has 4 aromatic heterocycles. The van der Waals surface area contributed by atoms with Crippen molar-refractivity contribution >= 4 is 11.4 Å². The Morgan fingerprint density at radius 2 is 1.86 bits per heavy atom. The molecule has 10 nitrogen and oxygen atoms in total. The molecule has 0 unspecified atom stereocenters. The number of aryl methyl sites for hydroxylation is 1. The lowest BCUT2D eigenvalue weighted by Crippen LogP contribution is -2.27. The summed E-state index contributed by atoms with van der Waals surface area (Å²) in [6.07, 6.45) is 5.49. The van der Waals surface area contributed by atoms with Gasteiger partial charge >= 0.3 is 0 Å². The van der Waals surface area contributed by atoms with Gasteiger partial charge in [-0.3, -0.25) is 9.48 Å². The van der Waals surface area contributed by atoms with Gasteiger partial charge in [-0.1, -0.05) is 12.1 Å². The summed E-state index contributed by atoms with van der Waals surface area (Å²) in [6, 6.07) is 6.47. The highest BCUT2D eigenvalue weighted by atomic mass is 19.3. The Morgan fingerprint density at radius 3 is 2.54 bits per heavy atom. The van der Waals surface area contributed by atoms with Gasteiger partial charge in [-0.15, -0.1) is 5.10 Å². The highest BCUT2D eigenvalue weighted by Gasteiger charge is 2.21. The van der Waals surface area contributed by atoms with E-state index in [4.69, 9.17) is 4.98 Å². The van der Waals surface area contributed by atoms with Crippen molar-refractivity contribution in [3.63, 3.8) is 0 Å². The van der Waals surface area contributed by atoms with Crippen LogP contribution in [0.5, 0.6) is 0 Å². The lowest BCUT2D eigenvalue weighted by Gasteiger charge is -2.16. The number of alkyl halides is 2. The summed E-state index contributed by atoms with van der Waals surface area (Å²) in [7, 11) is 1.80. The summed E-state index contributed by atoms with van der Waals surface area (Å²) in [5.41, 5.74) is 2.91. The number of hydrogen-bond acceptors (Lipinski definition) is 6. The van der Waals surface area contributed by atoms with Gasteiger partial charge in [0.2, 0.25) is 0 Å². The molecule has 0 aliphatic heterocycles. The fourth-order valence-electron chi connectivity index (χ4n) is 3.89. The highest BCUT2D eigenvalue weighted by molar-refractivity contribution is 5.91. The van der Waals surface area contributed by atoms with Crippen LogP contribution in [0.2, 0.25) is 0 Å². The smallest absolute Gasteiger partial charge is 0.273 e. The number of benzene rings is 1. The predicted octanol–water partition coefficient (Wildman–Crippen LogP) is 4.01. The molecule has 0 aliphatic carbocycles. The molecule has 4 heterocycles. The molecule has 0 radical (unpaired) electrons. The van der Waals surface area contributed by atoms with Crippen molar-refractivity contribution in [3.05, 3.63) is 72.1 Å². The van der Waals surface area contributed by atoms with E-state index in [0.29, 0.717) is 28.0 Å². The van der Waals surface area contributed by atoms with E-state index in [0.717, 1.165) is 5.56 Å². The van der Waals surface area contributed by atoms with Crippen LogP contribution in [0, 0.1) is 0 Å². The van der Waals surface area contributed by atoms with Gasteiger partial charge < -0.3 is 5.32 Å². The van der Waals surface area contributed by atoms with Crippen molar-refractivity contribution < 1.29 is 13.6 Å². The van der Waals surface area contributed by atoms with E-state index >= 15 is 0 Å². The highest BCUT2D eigenvalue weighted by Crippen LogP contribution is 2.31. The number of nitrogens with zero attached hydrogens (tertiary/aromatic N) is 8. The van der Waals surface area contributed by atoms with Gasteiger partial charge in [0.25, 0.3) is 12.3 Å². The second-order valence-electron chi connectivity index (χ2n) is 9.63. The Morgan fingerprint density at radius 1 is 1.05 bits per heavy atom. The van der Waals surface area contributed by atoms with Gasteiger partial charge in [-0.2, -0.15) is 20.1 Å². The van der Waals surface area contributed by atoms with Crippen molar-refractivity contribution in [1.82, 2.24) is 44.7 Å². The monoisotopic (exact) mass is 505 g/mol. The van der Waals surface area contributed by atoms with Crippen molar-refractivity contribution in [1.29, 1.82) is 0 Å². The first-order valence-corrected chi connectivity index (χ1v) is 11.6. The molecular weight excluding hydrogens is 480 g/mol. The van der Waals surface area contributed by atoms with Gasteiger partial charge in [-0.05, 0) is 38.5 Å². The van der Waals surface area contributed by atoms with Crippen molar-refractivity contribution in [2.45, 2.75) is 39.3 Å².